The van der Waals surface area contributed by atoms with Crippen molar-refractivity contribution in [2.75, 3.05) is 23.0 Å². The van der Waals surface area contributed by atoms with Crippen LogP contribution in [0.2, 0.25) is 0 Å². The molecule has 0 amide bonds. The third kappa shape index (κ3) is 4.89. The van der Waals surface area contributed by atoms with E-state index in [1.54, 1.807) is 0 Å². The standard InChI is InChI=1S/C31H38N4/c1-5-24-14-21-28(22-15-24)35-30(6-2)31(32,26-12-10-9-11-13-26)29(33-35)23-18-25-16-19-27(20-17-25)34(7-3)8-4/h9-23,30H,5-8,32H2,1-4H3. The van der Waals surface area contributed by atoms with Gasteiger partial charge in [0, 0.05) is 18.8 Å². The molecule has 0 spiro atoms. The smallest absolute Gasteiger partial charge is 0.108 e. The number of nitrogens with two attached hydrogens (primary N) is 1. The molecule has 3 aromatic rings. The summed E-state index contributed by atoms with van der Waals surface area (Å²) in [5.74, 6) is 0. The highest BCUT2D eigenvalue weighted by Crippen LogP contribution is 2.39. The van der Waals surface area contributed by atoms with E-state index in [-0.39, 0.29) is 6.04 Å². The minimum Gasteiger partial charge on any atom is -0.372 e. The Labute approximate surface area is 210 Å². The molecule has 35 heavy (non-hydrogen) atoms. The Morgan fingerprint density at radius 2 is 1.51 bits per heavy atom. The third-order valence-corrected chi connectivity index (χ3v) is 7.16. The van der Waals surface area contributed by atoms with Crippen molar-refractivity contribution in [3.63, 3.8) is 0 Å². The molecule has 4 nitrogen and oxygen atoms in total. The van der Waals surface area contributed by atoms with Crippen molar-refractivity contribution in [3.05, 3.63) is 102 Å². The second kappa shape index (κ2) is 10.9. The zero-order chi connectivity index (χ0) is 24.8. The number of anilines is 2. The molecule has 0 saturated carbocycles. The van der Waals surface area contributed by atoms with Crippen LogP contribution in [-0.4, -0.2) is 24.8 Å². The Morgan fingerprint density at radius 3 is 2.09 bits per heavy atom. The summed E-state index contributed by atoms with van der Waals surface area (Å²) in [6.07, 6.45) is 6.13. The highest BCUT2D eigenvalue weighted by atomic mass is 15.5. The van der Waals surface area contributed by atoms with E-state index in [0.717, 1.165) is 48.5 Å². The maximum absolute atomic E-state index is 7.30. The van der Waals surface area contributed by atoms with Crippen LogP contribution in [0.15, 0.2) is 90.0 Å². The van der Waals surface area contributed by atoms with Crippen LogP contribution in [0, 0.1) is 0 Å². The predicted octanol–water partition coefficient (Wildman–Crippen LogP) is 6.62. The maximum atomic E-state index is 7.30. The molecule has 1 aliphatic rings. The monoisotopic (exact) mass is 466 g/mol. The summed E-state index contributed by atoms with van der Waals surface area (Å²) in [5, 5.41) is 7.23. The van der Waals surface area contributed by atoms with Gasteiger partial charge >= 0.3 is 0 Å². The van der Waals surface area contributed by atoms with Crippen LogP contribution in [0.1, 0.15) is 50.8 Å². The van der Waals surface area contributed by atoms with Gasteiger partial charge in [-0.2, -0.15) is 5.10 Å². The normalized spacial score (nSPS) is 19.9. The summed E-state index contributed by atoms with van der Waals surface area (Å²) >= 11 is 0. The van der Waals surface area contributed by atoms with Crippen LogP contribution >= 0.6 is 0 Å². The summed E-state index contributed by atoms with van der Waals surface area (Å²) in [6, 6.07) is 27.8. The maximum Gasteiger partial charge on any atom is 0.108 e. The minimum atomic E-state index is -0.711. The predicted molar refractivity (Wildman–Crippen MR) is 151 cm³/mol. The van der Waals surface area contributed by atoms with Gasteiger partial charge in [-0.05, 0) is 73.7 Å². The highest BCUT2D eigenvalue weighted by molar-refractivity contribution is 6.08. The lowest BCUT2D eigenvalue weighted by Gasteiger charge is -2.35. The molecule has 1 heterocycles. The zero-order valence-corrected chi connectivity index (χ0v) is 21.5. The van der Waals surface area contributed by atoms with Gasteiger partial charge in [0.15, 0.2) is 0 Å². The van der Waals surface area contributed by atoms with Gasteiger partial charge in [0.05, 0.1) is 17.4 Å². The van der Waals surface area contributed by atoms with Gasteiger partial charge in [0.1, 0.15) is 5.54 Å². The van der Waals surface area contributed by atoms with Crippen molar-refractivity contribution < 1.29 is 0 Å². The average Bonchev–Trinajstić information content (AvgIpc) is 3.21. The minimum absolute atomic E-state index is 0.0158. The van der Waals surface area contributed by atoms with Gasteiger partial charge in [0.25, 0.3) is 0 Å². The first-order valence-electron chi connectivity index (χ1n) is 12.9. The topological polar surface area (TPSA) is 44.9 Å². The molecular weight excluding hydrogens is 428 g/mol. The van der Waals surface area contributed by atoms with Crippen molar-refractivity contribution >= 4 is 23.2 Å². The summed E-state index contributed by atoms with van der Waals surface area (Å²) < 4.78 is 0. The molecule has 4 rings (SSSR count). The Kier molecular flexibility index (Phi) is 7.72. The van der Waals surface area contributed by atoms with Crippen molar-refractivity contribution in [1.82, 2.24) is 0 Å². The number of hydrogen-bond donors (Lipinski definition) is 1. The molecule has 0 fully saturated rings. The molecule has 182 valence electrons. The van der Waals surface area contributed by atoms with E-state index < -0.39 is 5.54 Å². The highest BCUT2D eigenvalue weighted by Gasteiger charge is 2.48. The molecular formula is C31H38N4. The molecule has 1 aliphatic heterocycles. The lowest BCUT2D eigenvalue weighted by atomic mass is 9.78. The van der Waals surface area contributed by atoms with Crippen LogP contribution in [0.3, 0.4) is 0 Å². The van der Waals surface area contributed by atoms with Gasteiger partial charge < -0.3 is 10.6 Å². The molecule has 2 N–H and O–H groups in total. The van der Waals surface area contributed by atoms with Crippen LogP contribution < -0.4 is 15.6 Å². The van der Waals surface area contributed by atoms with Crippen LogP contribution in [0.25, 0.3) is 6.08 Å². The van der Waals surface area contributed by atoms with Crippen molar-refractivity contribution in [2.24, 2.45) is 10.8 Å². The Hall–Kier alpha value is -3.37. The molecule has 2 atom stereocenters. The first-order valence-corrected chi connectivity index (χ1v) is 12.9. The van der Waals surface area contributed by atoms with Gasteiger partial charge in [0.2, 0.25) is 0 Å². The summed E-state index contributed by atoms with van der Waals surface area (Å²) in [7, 11) is 0. The van der Waals surface area contributed by atoms with E-state index in [1.807, 2.05) is 6.07 Å². The fraction of sp³-hybridized carbons (Fsp3) is 0.323. The average molecular weight is 467 g/mol. The summed E-state index contributed by atoms with van der Waals surface area (Å²) in [4.78, 5) is 2.35. The molecule has 0 aromatic heterocycles. The van der Waals surface area contributed by atoms with Gasteiger partial charge in [-0.15, -0.1) is 0 Å². The van der Waals surface area contributed by atoms with Crippen molar-refractivity contribution in [1.29, 1.82) is 0 Å². The van der Waals surface area contributed by atoms with Crippen LogP contribution in [0.4, 0.5) is 11.4 Å². The van der Waals surface area contributed by atoms with E-state index >= 15 is 0 Å². The quantitative estimate of drug-likeness (QED) is 0.385. The number of nitrogens with zero attached hydrogens (tertiary/aromatic N) is 3. The number of hydrogen-bond acceptors (Lipinski definition) is 4. The number of aryl methyl sites for hydroxylation is 1. The van der Waals surface area contributed by atoms with Gasteiger partial charge in [-0.25, -0.2) is 0 Å². The van der Waals surface area contributed by atoms with E-state index in [9.17, 15) is 0 Å². The van der Waals surface area contributed by atoms with Crippen LogP contribution in [0.5, 0.6) is 0 Å². The molecule has 4 heteroatoms. The number of hydrazone groups is 1. The fourth-order valence-corrected chi connectivity index (χ4v) is 5.03. The Bertz CT molecular complexity index is 1140. The summed E-state index contributed by atoms with van der Waals surface area (Å²) in [5.41, 5.74) is 13.3. The lowest BCUT2D eigenvalue weighted by Crippen LogP contribution is -2.54. The lowest BCUT2D eigenvalue weighted by molar-refractivity contribution is 0.458. The second-order valence-corrected chi connectivity index (χ2v) is 9.11. The molecule has 2 unspecified atom stereocenters. The van der Waals surface area contributed by atoms with E-state index in [4.69, 9.17) is 10.8 Å². The van der Waals surface area contributed by atoms with Crippen LogP contribution in [-0.2, 0) is 12.0 Å². The molecule has 0 radical (unpaired) electrons. The molecule has 0 bridgehead atoms. The van der Waals surface area contributed by atoms with Gasteiger partial charge in [-0.1, -0.05) is 74.5 Å². The number of benzene rings is 3. The third-order valence-electron chi connectivity index (χ3n) is 7.16. The molecule has 3 aromatic carbocycles. The van der Waals surface area contributed by atoms with E-state index in [1.165, 1.54) is 11.3 Å². The van der Waals surface area contributed by atoms with Gasteiger partial charge in [-0.3, -0.25) is 5.01 Å². The molecule has 0 saturated heterocycles. The van der Waals surface area contributed by atoms with E-state index in [0.29, 0.717) is 0 Å². The zero-order valence-electron chi connectivity index (χ0n) is 21.5. The van der Waals surface area contributed by atoms with Crippen molar-refractivity contribution in [2.45, 2.75) is 52.1 Å². The second-order valence-electron chi connectivity index (χ2n) is 9.11. The Balaban J connectivity index is 1.72. The van der Waals surface area contributed by atoms with Crippen molar-refractivity contribution in [3.8, 4) is 0 Å². The fourth-order valence-electron chi connectivity index (χ4n) is 5.03. The number of rotatable bonds is 9. The first kappa shape index (κ1) is 24.7. The SMILES string of the molecule is CCc1ccc(N2N=C(C=Cc3ccc(N(CC)CC)cc3)C(N)(c3ccccc3)C2CC)cc1. The first-order chi connectivity index (χ1) is 17.0. The van der Waals surface area contributed by atoms with E-state index in [2.05, 4.69) is 123 Å². The largest absolute Gasteiger partial charge is 0.372 e. The Morgan fingerprint density at radius 1 is 0.857 bits per heavy atom. The summed E-state index contributed by atoms with van der Waals surface area (Å²) in [6.45, 7) is 10.7. The molecule has 0 aliphatic carbocycles.